The topological polar surface area (TPSA) is 23.5 Å². The Balaban J connectivity index is 2.12. The minimum absolute atomic E-state index is 0.284. The normalized spacial score (nSPS) is 26.1. The number of piperidine rings is 1. The van der Waals surface area contributed by atoms with Gasteiger partial charge in [0.2, 0.25) is 0 Å². The first-order valence-electron chi connectivity index (χ1n) is 7.43. The molecule has 1 saturated heterocycles. The Hall–Kier alpha value is -1.42. The average Bonchev–Trinajstić information content (AvgIpc) is 2.51. The summed E-state index contributed by atoms with van der Waals surface area (Å²) in [5, 5.41) is 11.9. The Kier molecular flexibility index (Phi) is 4.22. The Bertz CT molecular complexity index is 678. The van der Waals surface area contributed by atoms with E-state index in [1.54, 1.807) is 24.3 Å². The van der Waals surface area contributed by atoms with E-state index >= 15 is 0 Å². The quantitative estimate of drug-likeness (QED) is 0.910. The van der Waals surface area contributed by atoms with Gasteiger partial charge >= 0.3 is 0 Å². The summed E-state index contributed by atoms with van der Waals surface area (Å²) in [6.07, 6.45) is 0.520. The zero-order valence-electron chi connectivity index (χ0n) is 12.5. The molecule has 2 nitrogen and oxygen atoms in total. The van der Waals surface area contributed by atoms with Crippen molar-refractivity contribution in [2.45, 2.75) is 17.9 Å². The maximum absolute atomic E-state index is 14.3. The number of halogens is 2. The van der Waals surface area contributed by atoms with E-state index in [1.807, 2.05) is 25.2 Å². The second-order valence-electron chi connectivity index (χ2n) is 5.99. The maximum atomic E-state index is 14.3. The van der Waals surface area contributed by atoms with Gasteiger partial charge in [-0.05, 0) is 31.2 Å². The summed E-state index contributed by atoms with van der Waals surface area (Å²) in [6, 6.07) is 14.0. The minimum Gasteiger partial charge on any atom is -0.384 e. The van der Waals surface area contributed by atoms with E-state index in [2.05, 4.69) is 4.90 Å². The monoisotopic (exact) mass is 319 g/mol. The largest absolute Gasteiger partial charge is 0.384 e. The average molecular weight is 320 g/mol. The van der Waals surface area contributed by atoms with E-state index in [1.165, 1.54) is 6.07 Å². The Labute approximate surface area is 135 Å². The standard InChI is InChI=1S/C18H19ClFNO/c1-21-11-10-18(22,14-7-3-4-8-16(14)19)15(12-21)13-6-2-5-9-17(13)20/h2-9,15,22H,10-12H2,1H3/t15-,18-/m1/s1. The molecule has 2 atom stereocenters. The highest BCUT2D eigenvalue weighted by atomic mass is 35.5. The van der Waals surface area contributed by atoms with Gasteiger partial charge in [0.25, 0.3) is 0 Å². The third-order valence-corrected chi connectivity index (χ3v) is 4.90. The van der Waals surface area contributed by atoms with Crippen LogP contribution >= 0.6 is 11.6 Å². The van der Waals surface area contributed by atoms with Gasteiger partial charge < -0.3 is 10.0 Å². The molecule has 1 fully saturated rings. The van der Waals surface area contributed by atoms with Gasteiger partial charge in [0.15, 0.2) is 0 Å². The summed E-state index contributed by atoms with van der Waals surface area (Å²) in [5.41, 5.74) is 0.0574. The summed E-state index contributed by atoms with van der Waals surface area (Å²) in [7, 11) is 1.99. The molecule has 4 heteroatoms. The van der Waals surface area contributed by atoms with Crippen molar-refractivity contribution in [3.63, 3.8) is 0 Å². The van der Waals surface area contributed by atoms with Gasteiger partial charge in [-0.3, -0.25) is 0 Å². The van der Waals surface area contributed by atoms with Crippen LogP contribution < -0.4 is 0 Å². The fourth-order valence-electron chi connectivity index (χ4n) is 3.34. The van der Waals surface area contributed by atoms with Gasteiger partial charge in [-0.15, -0.1) is 0 Å². The van der Waals surface area contributed by atoms with Crippen LogP contribution in [-0.4, -0.2) is 30.1 Å². The number of likely N-dealkylation sites (N-methyl/N-ethyl adjacent to an activating group) is 1. The third-order valence-electron chi connectivity index (χ3n) is 4.57. The smallest absolute Gasteiger partial charge is 0.126 e. The number of nitrogens with zero attached hydrogens (tertiary/aromatic N) is 1. The van der Waals surface area contributed by atoms with Crippen LogP contribution in [0.15, 0.2) is 48.5 Å². The van der Waals surface area contributed by atoms with Crippen molar-refractivity contribution in [3.8, 4) is 0 Å². The predicted octanol–water partition coefficient (Wildman–Crippen LogP) is 3.79. The summed E-state index contributed by atoms with van der Waals surface area (Å²) in [6.45, 7) is 1.33. The van der Waals surface area contributed by atoms with Crippen molar-refractivity contribution in [2.75, 3.05) is 20.1 Å². The van der Waals surface area contributed by atoms with E-state index in [0.29, 0.717) is 29.1 Å². The van der Waals surface area contributed by atoms with Crippen molar-refractivity contribution in [3.05, 3.63) is 70.5 Å². The molecule has 1 aliphatic heterocycles. The first-order valence-corrected chi connectivity index (χ1v) is 7.80. The van der Waals surface area contributed by atoms with Crippen molar-refractivity contribution in [2.24, 2.45) is 0 Å². The summed E-state index contributed by atoms with van der Waals surface area (Å²) < 4.78 is 14.3. The van der Waals surface area contributed by atoms with Crippen molar-refractivity contribution in [1.82, 2.24) is 4.90 Å². The lowest BCUT2D eigenvalue weighted by atomic mass is 9.72. The van der Waals surface area contributed by atoms with Crippen molar-refractivity contribution >= 4 is 11.6 Å². The van der Waals surface area contributed by atoms with E-state index < -0.39 is 5.60 Å². The third kappa shape index (κ3) is 2.65. The summed E-state index contributed by atoms with van der Waals surface area (Å²) >= 11 is 6.31. The molecule has 22 heavy (non-hydrogen) atoms. The lowest BCUT2D eigenvalue weighted by molar-refractivity contribution is -0.0427. The zero-order valence-corrected chi connectivity index (χ0v) is 13.2. The van der Waals surface area contributed by atoms with Gasteiger partial charge in [0.1, 0.15) is 11.4 Å². The van der Waals surface area contributed by atoms with Crippen molar-refractivity contribution in [1.29, 1.82) is 0 Å². The molecule has 1 heterocycles. The van der Waals surface area contributed by atoms with Crippen LogP contribution in [-0.2, 0) is 5.60 Å². The fraction of sp³-hybridized carbons (Fsp3) is 0.333. The van der Waals surface area contributed by atoms with Gasteiger partial charge in [-0.1, -0.05) is 48.0 Å². The maximum Gasteiger partial charge on any atom is 0.126 e. The number of hydrogen-bond acceptors (Lipinski definition) is 2. The molecule has 1 N–H and O–H groups in total. The summed E-state index contributed by atoms with van der Waals surface area (Å²) in [5.74, 6) is -0.638. The molecule has 0 unspecified atom stereocenters. The van der Waals surface area contributed by atoms with Gasteiger partial charge in [-0.2, -0.15) is 0 Å². The summed E-state index contributed by atoms with van der Waals surface area (Å²) in [4.78, 5) is 2.11. The van der Waals surface area contributed by atoms with Crippen LogP contribution in [0.1, 0.15) is 23.5 Å². The zero-order chi connectivity index (χ0) is 15.7. The lowest BCUT2D eigenvalue weighted by Gasteiger charge is -2.44. The van der Waals surface area contributed by atoms with Gasteiger partial charge in [-0.25, -0.2) is 4.39 Å². The minimum atomic E-state index is -1.16. The van der Waals surface area contributed by atoms with E-state index in [0.717, 1.165) is 6.54 Å². The predicted molar refractivity (Wildman–Crippen MR) is 86.6 cm³/mol. The van der Waals surface area contributed by atoms with Crippen LogP contribution in [0.4, 0.5) is 4.39 Å². The van der Waals surface area contributed by atoms with Crippen LogP contribution in [0, 0.1) is 5.82 Å². The highest BCUT2D eigenvalue weighted by Gasteiger charge is 2.44. The number of rotatable bonds is 2. The van der Waals surface area contributed by atoms with E-state index in [9.17, 15) is 9.50 Å². The molecule has 2 aromatic rings. The molecule has 3 rings (SSSR count). The van der Waals surface area contributed by atoms with Crippen LogP contribution in [0.2, 0.25) is 5.02 Å². The van der Waals surface area contributed by atoms with Gasteiger partial charge in [0, 0.05) is 29.6 Å². The lowest BCUT2D eigenvalue weighted by Crippen LogP contribution is -2.47. The second-order valence-corrected chi connectivity index (χ2v) is 6.40. The van der Waals surface area contributed by atoms with Gasteiger partial charge in [0.05, 0.1) is 0 Å². The molecule has 0 aromatic heterocycles. The van der Waals surface area contributed by atoms with Crippen LogP contribution in [0.5, 0.6) is 0 Å². The Morgan fingerprint density at radius 3 is 2.59 bits per heavy atom. The Morgan fingerprint density at radius 2 is 1.86 bits per heavy atom. The molecule has 116 valence electrons. The molecule has 1 aliphatic rings. The second kappa shape index (κ2) is 5.99. The fourth-order valence-corrected chi connectivity index (χ4v) is 3.64. The molecule has 0 spiro atoms. The number of hydrogen-bond donors (Lipinski definition) is 1. The van der Waals surface area contributed by atoms with Crippen LogP contribution in [0.25, 0.3) is 0 Å². The molecule has 2 aromatic carbocycles. The van der Waals surface area contributed by atoms with E-state index in [4.69, 9.17) is 11.6 Å². The Morgan fingerprint density at radius 1 is 1.18 bits per heavy atom. The van der Waals surface area contributed by atoms with Crippen molar-refractivity contribution < 1.29 is 9.50 Å². The van der Waals surface area contributed by atoms with E-state index in [-0.39, 0.29) is 11.7 Å². The first-order chi connectivity index (χ1) is 10.5. The molecule has 0 radical (unpaired) electrons. The molecular weight excluding hydrogens is 301 g/mol. The van der Waals surface area contributed by atoms with Crippen LogP contribution in [0.3, 0.4) is 0 Å². The number of likely N-dealkylation sites (tertiary alicyclic amines) is 1. The highest BCUT2D eigenvalue weighted by Crippen LogP contribution is 2.45. The molecule has 0 aliphatic carbocycles. The molecule has 0 bridgehead atoms. The number of aliphatic hydroxyl groups is 1. The molecular formula is C18H19ClFNO. The molecule has 0 saturated carbocycles. The number of benzene rings is 2. The highest BCUT2D eigenvalue weighted by molar-refractivity contribution is 6.31. The molecule has 0 amide bonds. The SMILES string of the molecule is CN1CC[C@@](O)(c2ccccc2Cl)[C@@H](c2ccccc2F)C1. The first kappa shape index (κ1) is 15.5.